The van der Waals surface area contributed by atoms with Crippen LogP contribution in [-0.2, 0) is 20.7 Å². The average Bonchev–Trinajstić information content (AvgIpc) is 2.88. The van der Waals surface area contributed by atoms with Crippen LogP contribution >= 0.6 is 0 Å². The van der Waals surface area contributed by atoms with Crippen molar-refractivity contribution in [3.8, 4) is 0 Å². The van der Waals surface area contributed by atoms with Crippen LogP contribution in [0.3, 0.4) is 0 Å². The molecule has 114 valence electrons. The molecule has 1 aliphatic rings. The summed E-state index contributed by atoms with van der Waals surface area (Å²) in [6.45, 7) is 3.29. The van der Waals surface area contributed by atoms with Crippen LogP contribution in [0.25, 0.3) is 6.08 Å². The Hall–Kier alpha value is -1.65. The SMILES string of the molecule is CC(=O)OC(COCCN(C)C)c1ccc2c(c1)CC=C2. The van der Waals surface area contributed by atoms with E-state index in [0.717, 1.165) is 18.5 Å². The van der Waals surface area contributed by atoms with Gasteiger partial charge in [0.25, 0.3) is 0 Å². The highest BCUT2D eigenvalue weighted by Gasteiger charge is 2.17. The van der Waals surface area contributed by atoms with E-state index >= 15 is 0 Å². The number of ether oxygens (including phenoxy) is 2. The summed E-state index contributed by atoms with van der Waals surface area (Å²) < 4.78 is 11.1. The van der Waals surface area contributed by atoms with Gasteiger partial charge in [-0.1, -0.05) is 30.4 Å². The Labute approximate surface area is 126 Å². The van der Waals surface area contributed by atoms with E-state index in [-0.39, 0.29) is 12.1 Å². The van der Waals surface area contributed by atoms with Gasteiger partial charge in [-0.25, -0.2) is 0 Å². The summed E-state index contributed by atoms with van der Waals surface area (Å²) in [4.78, 5) is 13.4. The van der Waals surface area contributed by atoms with Gasteiger partial charge in [0, 0.05) is 13.5 Å². The fourth-order valence-electron chi connectivity index (χ4n) is 2.31. The zero-order valence-corrected chi connectivity index (χ0v) is 13.0. The lowest BCUT2D eigenvalue weighted by atomic mass is 10.0. The number of nitrogens with zero attached hydrogens (tertiary/aromatic N) is 1. The Kier molecular flexibility index (Phi) is 5.53. The van der Waals surface area contributed by atoms with Crippen molar-refractivity contribution in [3.05, 3.63) is 41.0 Å². The Morgan fingerprint density at radius 1 is 1.38 bits per heavy atom. The molecule has 4 heteroatoms. The first-order valence-electron chi connectivity index (χ1n) is 7.25. The average molecular weight is 289 g/mol. The van der Waals surface area contributed by atoms with E-state index in [0.29, 0.717) is 13.2 Å². The fourth-order valence-corrected chi connectivity index (χ4v) is 2.31. The lowest BCUT2D eigenvalue weighted by Crippen LogP contribution is -2.21. The Morgan fingerprint density at radius 3 is 2.90 bits per heavy atom. The maximum Gasteiger partial charge on any atom is 0.303 e. The molecule has 0 aromatic heterocycles. The largest absolute Gasteiger partial charge is 0.455 e. The van der Waals surface area contributed by atoms with Gasteiger partial charge in [0.15, 0.2) is 6.10 Å². The van der Waals surface area contributed by atoms with Crippen molar-refractivity contribution in [2.24, 2.45) is 0 Å². The number of benzene rings is 1. The second-order valence-corrected chi connectivity index (χ2v) is 5.54. The second-order valence-electron chi connectivity index (χ2n) is 5.54. The minimum Gasteiger partial charge on any atom is -0.455 e. The number of hydrogen-bond acceptors (Lipinski definition) is 4. The Balaban J connectivity index is 2.00. The standard InChI is InChI=1S/C17H23NO3/c1-13(19)21-17(12-20-10-9-18(2)3)16-8-7-14-5-4-6-15(14)11-16/h4-5,7-8,11,17H,6,9-10,12H2,1-3H3. The smallest absolute Gasteiger partial charge is 0.303 e. The van der Waals surface area contributed by atoms with Crippen LogP contribution in [0.5, 0.6) is 0 Å². The van der Waals surface area contributed by atoms with Crippen molar-refractivity contribution in [2.45, 2.75) is 19.4 Å². The van der Waals surface area contributed by atoms with Crippen molar-refractivity contribution in [3.63, 3.8) is 0 Å². The highest BCUT2D eigenvalue weighted by Crippen LogP contribution is 2.26. The van der Waals surface area contributed by atoms with Gasteiger partial charge in [-0.2, -0.15) is 0 Å². The number of likely N-dealkylation sites (N-methyl/N-ethyl adjacent to an activating group) is 1. The molecule has 4 nitrogen and oxygen atoms in total. The molecule has 0 bridgehead atoms. The van der Waals surface area contributed by atoms with Crippen molar-refractivity contribution in [1.29, 1.82) is 0 Å². The van der Waals surface area contributed by atoms with Crippen molar-refractivity contribution in [1.82, 2.24) is 4.90 Å². The summed E-state index contributed by atoms with van der Waals surface area (Å²) in [5.74, 6) is -0.283. The van der Waals surface area contributed by atoms with Crippen LogP contribution in [0.2, 0.25) is 0 Å². The maximum absolute atomic E-state index is 11.3. The quantitative estimate of drug-likeness (QED) is 0.571. The molecule has 2 rings (SSSR count). The van der Waals surface area contributed by atoms with Gasteiger partial charge in [0.1, 0.15) is 0 Å². The van der Waals surface area contributed by atoms with Gasteiger partial charge in [0.2, 0.25) is 0 Å². The van der Waals surface area contributed by atoms with Crippen LogP contribution in [0.15, 0.2) is 24.3 Å². The molecular formula is C17H23NO3. The monoisotopic (exact) mass is 289 g/mol. The number of rotatable bonds is 7. The Bertz CT molecular complexity index is 523. The number of hydrogen-bond donors (Lipinski definition) is 0. The molecule has 1 aromatic carbocycles. The molecule has 21 heavy (non-hydrogen) atoms. The van der Waals surface area contributed by atoms with E-state index in [9.17, 15) is 4.79 Å². The molecular weight excluding hydrogens is 266 g/mol. The molecule has 1 aromatic rings. The fraction of sp³-hybridized carbons (Fsp3) is 0.471. The number of esters is 1. The molecule has 1 unspecified atom stereocenters. The molecule has 0 heterocycles. The van der Waals surface area contributed by atoms with Gasteiger partial charge >= 0.3 is 5.97 Å². The number of carbonyl (C=O) groups excluding carboxylic acids is 1. The maximum atomic E-state index is 11.3. The third-order valence-electron chi connectivity index (χ3n) is 3.43. The van der Waals surface area contributed by atoms with E-state index in [1.54, 1.807) is 0 Å². The molecule has 0 spiro atoms. The second kappa shape index (κ2) is 7.38. The van der Waals surface area contributed by atoms with Crippen LogP contribution in [0.1, 0.15) is 29.7 Å². The van der Waals surface area contributed by atoms with Crippen molar-refractivity contribution < 1.29 is 14.3 Å². The number of allylic oxidation sites excluding steroid dienone is 1. The highest BCUT2D eigenvalue weighted by molar-refractivity contribution is 5.66. The van der Waals surface area contributed by atoms with Gasteiger partial charge in [0.05, 0.1) is 13.2 Å². The first kappa shape index (κ1) is 15.7. The highest BCUT2D eigenvalue weighted by atomic mass is 16.6. The molecule has 0 aliphatic heterocycles. The minimum atomic E-state index is -0.337. The van der Waals surface area contributed by atoms with Gasteiger partial charge in [-0.3, -0.25) is 4.79 Å². The minimum absolute atomic E-state index is 0.283. The molecule has 0 saturated heterocycles. The van der Waals surface area contributed by atoms with E-state index in [4.69, 9.17) is 9.47 Å². The van der Waals surface area contributed by atoms with Gasteiger partial charge < -0.3 is 14.4 Å². The van der Waals surface area contributed by atoms with Crippen LogP contribution in [0.4, 0.5) is 0 Å². The Morgan fingerprint density at radius 2 is 2.19 bits per heavy atom. The first-order chi connectivity index (χ1) is 10.1. The lowest BCUT2D eigenvalue weighted by Gasteiger charge is -2.19. The summed E-state index contributed by atoms with van der Waals surface area (Å²) in [6, 6.07) is 6.19. The van der Waals surface area contributed by atoms with E-state index in [1.807, 2.05) is 20.2 Å². The third-order valence-corrected chi connectivity index (χ3v) is 3.43. The van der Waals surface area contributed by atoms with Gasteiger partial charge in [-0.15, -0.1) is 0 Å². The lowest BCUT2D eigenvalue weighted by molar-refractivity contribution is -0.150. The predicted molar refractivity (Wildman–Crippen MR) is 83.1 cm³/mol. The molecule has 0 fully saturated rings. The van der Waals surface area contributed by atoms with Crippen molar-refractivity contribution >= 4 is 12.0 Å². The normalized spacial score (nSPS) is 14.3. The summed E-state index contributed by atoms with van der Waals surface area (Å²) >= 11 is 0. The molecule has 0 radical (unpaired) electrons. The van der Waals surface area contributed by atoms with E-state index in [2.05, 4.69) is 29.2 Å². The molecule has 1 atom stereocenters. The zero-order valence-electron chi connectivity index (χ0n) is 13.0. The zero-order chi connectivity index (χ0) is 15.2. The van der Waals surface area contributed by atoms with Crippen LogP contribution in [-0.4, -0.2) is 44.7 Å². The van der Waals surface area contributed by atoms with E-state index in [1.165, 1.54) is 18.1 Å². The molecule has 0 N–H and O–H groups in total. The topological polar surface area (TPSA) is 38.8 Å². The number of fused-ring (bicyclic) bond motifs is 1. The summed E-state index contributed by atoms with van der Waals surface area (Å²) in [6.07, 6.45) is 4.86. The summed E-state index contributed by atoms with van der Waals surface area (Å²) in [7, 11) is 4.00. The first-order valence-corrected chi connectivity index (χ1v) is 7.25. The summed E-state index contributed by atoms with van der Waals surface area (Å²) in [5, 5.41) is 0. The number of carbonyl (C=O) groups is 1. The van der Waals surface area contributed by atoms with Gasteiger partial charge in [-0.05, 0) is 37.2 Å². The van der Waals surface area contributed by atoms with Crippen LogP contribution < -0.4 is 0 Å². The molecule has 1 aliphatic carbocycles. The van der Waals surface area contributed by atoms with Crippen molar-refractivity contribution in [2.75, 3.05) is 33.9 Å². The molecule has 0 saturated carbocycles. The third kappa shape index (κ3) is 4.69. The predicted octanol–water partition coefficient (Wildman–Crippen LogP) is 2.44. The molecule has 0 amide bonds. The summed E-state index contributed by atoms with van der Waals surface area (Å²) in [5.41, 5.74) is 3.52. The van der Waals surface area contributed by atoms with E-state index < -0.39 is 0 Å². The van der Waals surface area contributed by atoms with Crippen LogP contribution in [0, 0.1) is 0 Å².